The Balaban J connectivity index is 2.64. The average molecular weight is 305 g/mol. The van der Waals surface area contributed by atoms with E-state index in [2.05, 4.69) is 5.32 Å². The number of hydrogen-bond acceptors (Lipinski definition) is 3. The van der Waals surface area contributed by atoms with Crippen LogP contribution in [0.4, 0.5) is 13.2 Å². The Morgan fingerprint density at radius 2 is 1.81 bits per heavy atom. The summed E-state index contributed by atoms with van der Waals surface area (Å²) in [6.45, 7) is 5.68. The minimum atomic E-state index is -4.15. The van der Waals surface area contributed by atoms with Gasteiger partial charge in [-0.2, -0.15) is 13.2 Å². The third-order valence-electron chi connectivity index (χ3n) is 2.78. The quantitative estimate of drug-likeness (QED) is 0.828. The van der Waals surface area contributed by atoms with Crippen LogP contribution in [0, 0.1) is 0 Å². The highest BCUT2D eigenvalue weighted by atomic mass is 19.4. The van der Waals surface area contributed by atoms with Gasteiger partial charge in [0.05, 0.1) is 19.6 Å². The molecule has 120 valence electrons. The highest BCUT2D eigenvalue weighted by Crippen LogP contribution is 2.29. The maximum absolute atomic E-state index is 12.2. The first-order valence-electron chi connectivity index (χ1n) is 6.85. The van der Waals surface area contributed by atoms with Crippen molar-refractivity contribution in [2.75, 3.05) is 7.11 Å². The third kappa shape index (κ3) is 6.71. The van der Waals surface area contributed by atoms with E-state index in [0.717, 1.165) is 5.56 Å². The van der Waals surface area contributed by atoms with Crippen LogP contribution in [0.3, 0.4) is 0 Å². The lowest BCUT2D eigenvalue weighted by molar-refractivity contribution is -0.139. The Kier molecular flexibility index (Phi) is 6.33. The lowest BCUT2D eigenvalue weighted by Crippen LogP contribution is -2.30. The van der Waals surface area contributed by atoms with E-state index in [1.165, 1.54) is 14.0 Å². The summed E-state index contributed by atoms with van der Waals surface area (Å²) in [5.74, 6) is 1.20. The van der Waals surface area contributed by atoms with E-state index in [-0.39, 0.29) is 6.10 Å². The van der Waals surface area contributed by atoms with E-state index in [0.29, 0.717) is 18.0 Å². The van der Waals surface area contributed by atoms with Crippen molar-refractivity contribution < 1.29 is 22.6 Å². The molecule has 0 fully saturated rings. The highest BCUT2D eigenvalue weighted by molar-refractivity contribution is 5.43. The van der Waals surface area contributed by atoms with Crippen LogP contribution in [0.1, 0.15) is 32.8 Å². The molecule has 1 rings (SSSR count). The van der Waals surface area contributed by atoms with Crippen LogP contribution in [0.15, 0.2) is 18.2 Å². The standard InChI is InChI=1S/C15H22F3NO2/c1-10(2)21-13-6-5-12(7-14(13)20-4)9-19-11(3)8-15(16,17)18/h5-7,10-11,19H,8-9H2,1-4H3. The lowest BCUT2D eigenvalue weighted by atomic mass is 10.1. The van der Waals surface area contributed by atoms with E-state index >= 15 is 0 Å². The summed E-state index contributed by atoms with van der Waals surface area (Å²) >= 11 is 0. The van der Waals surface area contributed by atoms with Crippen molar-refractivity contribution >= 4 is 0 Å². The largest absolute Gasteiger partial charge is 0.493 e. The van der Waals surface area contributed by atoms with Gasteiger partial charge in [0.25, 0.3) is 0 Å². The van der Waals surface area contributed by atoms with Gasteiger partial charge in [-0.25, -0.2) is 0 Å². The maximum Gasteiger partial charge on any atom is 0.390 e. The molecule has 0 heterocycles. The minimum absolute atomic E-state index is 0.0229. The number of nitrogens with one attached hydrogen (secondary N) is 1. The molecule has 3 nitrogen and oxygen atoms in total. The molecule has 1 N–H and O–H groups in total. The first kappa shape index (κ1) is 17.6. The Morgan fingerprint density at radius 3 is 2.33 bits per heavy atom. The number of benzene rings is 1. The molecule has 0 radical (unpaired) electrons. The SMILES string of the molecule is COc1cc(CNC(C)CC(F)(F)F)ccc1OC(C)C. The fraction of sp³-hybridized carbons (Fsp3) is 0.600. The van der Waals surface area contributed by atoms with Gasteiger partial charge in [-0.3, -0.25) is 0 Å². The van der Waals surface area contributed by atoms with E-state index < -0.39 is 18.6 Å². The topological polar surface area (TPSA) is 30.5 Å². The second-order valence-electron chi connectivity index (χ2n) is 5.25. The van der Waals surface area contributed by atoms with Crippen LogP contribution < -0.4 is 14.8 Å². The van der Waals surface area contributed by atoms with Crippen molar-refractivity contribution in [3.05, 3.63) is 23.8 Å². The molecule has 6 heteroatoms. The number of halogens is 3. The van der Waals surface area contributed by atoms with Crippen molar-refractivity contribution in [3.63, 3.8) is 0 Å². The highest BCUT2D eigenvalue weighted by Gasteiger charge is 2.29. The summed E-state index contributed by atoms with van der Waals surface area (Å²) in [5, 5.41) is 2.85. The summed E-state index contributed by atoms with van der Waals surface area (Å²) in [4.78, 5) is 0. The van der Waals surface area contributed by atoms with Gasteiger partial charge in [-0.05, 0) is 38.5 Å². The van der Waals surface area contributed by atoms with Crippen molar-refractivity contribution in [1.82, 2.24) is 5.32 Å². The monoisotopic (exact) mass is 305 g/mol. The molecule has 0 bridgehead atoms. The van der Waals surface area contributed by atoms with Gasteiger partial charge in [-0.15, -0.1) is 0 Å². The summed E-state index contributed by atoms with van der Waals surface area (Å²) in [6, 6.07) is 4.71. The van der Waals surface area contributed by atoms with E-state index in [1.54, 1.807) is 12.1 Å². The predicted octanol–water partition coefficient (Wildman–Crippen LogP) is 3.91. The number of ether oxygens (including phenoxy) is 2. The molecule has 0 spiro atoms. The van der Waals surface area contributed by atoms with Crippen molar-refractivity contribution in [2.45, 2.75) is 52.1 Å². The molecule has 1 unspecified atom stereocenters. The average Bonchev–Trinajstić information content (AvgIpc) is 2.34. The van der Waals surface area contributed by atoms with Gasteiger partial charge in [0.1, 0.15) is 0 Å². The zero-order valence-corrected chi connectivity index (χ0v) is 12.8. The van der Waals surface area contributed by atoms with Gasteiger partial charge >= 0.3 is 6.18 Å². The van der Waals surface area contributed by atoms with Crippen LogP contribution >= 0.6 is 0 Å². The first-order chi connectivity index (χ1) is 9.71. The van der Waals surface area contributed by atoms with Gasteiger partial charge in [-0.1, -0.05) is 6.07 Å². The molecule has 1 aromatic carbocycles. The second kappa shape index (κ2) is 7.54. The summed E-state index contributed by atoms with van der Waals surface area (Å²) in [7, 11) is 1.53. The second-order valence-corrected chi connectivity index (χ2v) is 5.25. The number of alkyl halides is 3. The molecular formula is C15H22F3NO2. The maximum atomic E-state index is 12.2. The molecule has 0 amide bonds. The zero-order chi connectivity index (χ0) is 16.0. The van der Waals surface area contributed by atoms with Crippen molar-refractivity contribution in [3.8, 4) is 11.5 Å². The molecule has 0 aliphatic rings. The molecule has 0 aromatic heterocycles. The Morgan fingerprint density at radius 1 is 1.14 bits per heavy atom. The predicted molar refractivity (Wildman–Crippen MR) is 75.7 cm³/mol. The smallest absolute Gasteiger partial charge is 0.390 e. The minimum Gasteiger partial charge on any atom is -0.493 e. The molecule has 0 aliphatic carbocycles. The third-order valence-corrected chi connectivity index (χ3v) is 2.78. The van der Waals surface area contributed by atoms with Crippen LogP contribution in [0.25, 0.3) is 0 Å². The zero-order valence-electron chi connectivity index (χ0n) is 12.8. The summed E-state index contributed by atoms with van der Waals surface area (Å²) < 4.78 is 47.6. The number of methoxy groups -OCH3 is 1. The van der Waals surface area contributed by atoms with E-state index in [9.17, 15) is 13.2 Å². The fourth-order valence-electron chi connectivity index (χ4n) is 1.88. The van der Waals surface area contributed by atoms with Gasteiger partial charge in [0, 0.05) is 12.6 Å². The Hall–Kier alpha value is -1.43. The Bertz CT molecular complexity index is 447. The van der Waals surface area contributed by atoms with Crippen molar-refractivity contribution in [2.24, 2.45) is 0 Å². The van der Waals surface area contributed by atoms with Gasteiger partial charge in [0.2, 0.25) is 0 Å². The van der Waals surface area contributed by atoms with E-state index in [4.69, 9.17) is 9.47 Å². The number of hydrogen-bond donors (Lipinski definition) is 1. The molecule has 1 aromatic rings. The van der Waals surface area contributed by atoms with Gasteiger partial charge < -0.3 is 14.8 Å². The van der Waals surface area contributed by atoms with E-state index in [1.807, 2.05) is 19.9 Å². The normalized spacial score (nSPS) is 13.3. The van der Waals surface area contributed by atoms with Crippen LogP contribution in [-0.2, 0) is 6.54 Å². The summed E-state index contributed by atoms with van der Waals surface area (Å²) in [6.07, 6.45) is -4.98. The number of rotatable bonds is 7. The van der Waals surface area contributed by atoms with Crippen LogP contribution in [0.2, 0.25) is 0 Å². The molecule has 0 saturated carbocycles. The van der Waals surface area contributed by atoms with Gasteiger partial charge in [0.15, 0.2) is 11.5 Å². The first-order valence-corrected chi connectivity index (χ1v) is 6.85. The fourth-order valence-corrected chi connectivity index (χ4v) is 1.88. The molecule has 21 heavy (non-hydrogen) atoms. The molecule has 0 aliphatic heterocycles. The molecule has 1 atom stereocenters. The summed E-state index contributed by atoms with van der Waals surface area (Å²) in [5.41, 5.74) is 0.844. The molecular weight excluding hydrogens is 283 g/mol. The van der Waals surface area contributed by atoms with Crippen LogP contribution in [-0.4, -0.2) is 25.4 Å². The van der Waals surface area contributed by atoms with Crippen molar-refractivity contribution in [1.29, 1.82) is 0 Å². The Labute approximate surface area is 123 Å². The lowest BCUT2D eigenvalue weighted by Gasteiger charge is -2.17. The van der Waals surface area contributed by atoms with Crippen LogP contribution in [0.5, 0.6) is 11.5 Å². The molecule has 0 saturated heterocycles.